The maximum Gasteiger partial charge on any atom is 0.269 e. The number of nitrogens with zero attached hydrogens (tertiary/aromatic N) is 2. The molecule has 0 unspecified atom stereocenters. The van der Waals surface area contributed by atoms with Gasteiger partial charge in [-0.2, -0.15) is 0 Å². The Bertz CT molecular complexity index is 619. The van der Waals surface area contributed by atoms with Crippen molar-refractivity contribution in [3.8, 4) is 0 Å². The molecule has 5 heteroatoms. The molecule has 0 aliphatic carbocycles. The van der Waals surface area contributed by atoms with E-state index in [1.807, 2.05) is 0 Å². The third kappa shape index (κ3) is 1.50. The summed E-state index contributed by atoms with van der Waals surface area (Å²) in [5.41, 5.74) is 0.755. The van der Waals surface area contributed by atoms with Crippen LogP contribution in [0.1, 0.15) is 5.56 Å². The summed E-state index contributed by atoms with van der Waals surface area (Å²) >= 11 is 0. The summed E-state index contributed by atoms with van der Waals surface area (Å²) in [6, 6.07) is 2.73. The van der Waals surface area contributed by atoms with Gasteiger partial charge in [0.25, 0.3) is 5.56 Å². The molecule has 0 amide bonds. The van der Waals surface area contributed by atoms with Crippen molar-refractivity contribution >= 4 is 17.3 Å². The molecular formula is C11H9FN2O2. The standard InChI is InChI=1S/C11H9FN2O2/c1-14-10(16)6-13-9-3-2-8(12)7(4-5-15)11(9)14/h2-3,5-6H,4H2,1H3. The van der Waals surface area contributed by atoms with Crippen LogP contribution in [0.5, 0.6) is 0 Å². The summed E-state index contributed by atoms with van der Waals surface area (Å²) in [6.45, 7) is 0. The molecule has 0 spiro atoms. The lowest BCUT2D eigenvalue weighted by Gasteiger charge is -2.08. The molecule has 4 nitrogen and oxygen atoms in total. The van der Waals surface area contributed by atoms with Gasteiger partial charge in [-0.25, -0.2) is 9.37 Å². The Morgan fingerprint density at radius 3 is 2.94 bits per heavy atom. The Morgan fingerprint density at radius 1 is 1.50 bits per heavy atom. The van der Waals surface area contributed by atoms with Crippen molar-refractivity contribution < 1.29 is 9.18 Å². The first-order chi connectivity index (χ1) is 7.65. The summed E-state index contributed by atoms with van der Waals surface area (Å²) in [5.74, 6) is -0.498. The molecular weight excluding hydrogens is 211 g/mol. The van der Waals surface area contributed by atoms with Gasteiger partial charge in [-0.15, -0.1) is 0 Å². The van der Waals surface area contributed by atoms with E-state index in [-0.39, 0.29) is 17.5 Å². The van der Waals surface area contributed by atoms with E-state index in [4.69, 9.17) is 0 Å². The summed E-state index contributed by atoms with van der Waals surface area (Å²) in [7, 11) is 1.53. The van der Waals surface area contributed by atoms with Gasteiger partial charge in [0, 0.05) is 19.0 Å². The SMILES string of the molecule is Cn1c(=O)cnc2ccc(F)c(CC=O)c21. The highest BCUT2D eigenvalue weighted by Gasteiger charge is 2.11. The van der Waals surface area contributed by atoms with E-state index >= 15 is 0 Å². The van der Waals surface area contributed by atoms with Crippen molar-refractivity contribution in [2.75, 3.05) is 0 Å². The highest BCUT2D eigenvalue weighted by molar-refractivity contribution is 5.80. The van der Waals surface area contributed by atoms with Crippen LogP contribution in [0.2, 0.25) is 0 Å². The van der Waals surface area contributed by atoms with Crippen LogP contribution in [0, 0.1) is 5.82 Å². The number of hydrogen-bond acceptors (Lipinski definition) is 3. The highest BCUT2D eigenvalue weighted by Crippen LogP contribution is 2.18. The van der Waals surface area contributed by atoms with Crippen molar-refractivity contribution in [1.82, 2.24) is 9.55 Å². The van der Waals surface area contributed by atoms with Gasteiger partial charge in [0.05, 0.1) is 17.2 Å². The van der Waals surface area contributed by atoms with Crippen LogP contribution in [-0.2, 0) is 18.3 Å². The van der Waals surface area contributed by atoms with Gasteiger partial charge in [-0.05, 0) is 12.1 Å². The van der Waals surface area contributed by atoms with E-state index < -0.39 is 5.82 Å². The lowest BCUT2D eigenvalue weighted by Crippen LogP contribution is -2.18. The number of carbonyl (C=O) groups is 1. The summed E-state index contributed by atoms with van der Waals surface area (Å²) in [5, 5.41) is 0. The number of fused-ring (bicyclic) bond motifs is 1. The monoisotopic (exact) mass is 220 g/mol. The molecule has 1 heterocycles. The molecule has 0 saturated heterocycles. The number of aryl methyl sites for hydroxylation is 1. The molecule has 1 aromatic heterocycles. The predicted molar refractivity (Wildman–Crippen MR) is 56.7 cm³/mol. The third-order valence-electron chi connectivity index (χ3n) is 2.47. The Morgan fingerprint density at radius 2 is 2.25 bits per heavy atom. The normalized spacial score (nSPS) is 10.6. The number of halogens is 1. The van der Waals surface area contributed by atoms with Crippen molar-refractivity contribution in [2.24, 2.45) is 7.05 Å². The number of benzene rings is 1. The molecule has 0 atom stereocenters. The Balaban J connectivity index is 2.94. The van der Waals surface area contributed by atoms with Gasteiger partial charge < -0.3 is 9.36 Å². The van der Waals surface area contributed by atoms with Crippen molar-refractivity contribution in [3.63, 3.8) is 0 Å². The largest absolute Gasteiger partial charge is 0.308 e. The molecule has 0 bridgehead atoms. The minimum absolute atomic E-state index is 0.0673. The number of aromatic nitrogens is 2. The first kappa shape index (κ1) is 10.5. The minimum atomic E-state index is -0.498. The van der Waals surface area contributed by atoms with E-state index in [9.17, 15) is 14.0 Å². The fraction of sp³-hybridized carbons (Fsp3) is 0.182. The molecule has 2 rings (SSSR count). The second kappa shape index (κ2) is 3.84. The Kier molecular flexibility index (Phi) is 2.52. The van der Waals surface area contributed by atoms with Gasteiger partial charge in [-0.1, -0.05) is 0 Å². The molecule has 82 valence electrons. The van der Waals surface area contributed by atoms with Crippen LogP contribution in [0.3, 0.4) is 0 Å². The summed E-state index contributed by atoms with van der Waals surface area (Å²) in [4.78, 5) is 25.8. The average molecular weight is 220 g/mol. The van der Waals surface area contributed by atoms with Crippen LogP contribution >= 0.6 is 0 Å². The zero-order valence-corrected chi connectivity index (χ0v) is 8.61. The summed E-state index contributed by atoms with van der Waals surface area (Å²) < 4.78 is 14.8. The molecule has 16 heavy (non-hydrogen) atoms. The van der Waals surface area contributed by atoms with E-state index in [0.717, 1.165) is 0 Å². The van der Waals surface area contributed by atoms with Crippen molar-refractivity contribution in [2.45, 2.75) is 6.42 Å². The van der Waals surface area contributed by atoms with Crippen LogP contribution in [-0.4, -0.2) is 15.8 Å². The zero-order valence-electron chi connectivity index (χ0n) is 8.61. The average Bonchev–Trinajstić information content (AvgIpc) is 2.27. The van der Waals surface area contributed by atoms with Gasteiger partial charge in [0.2, 0.25) is 0 Å². The smallest absolute Gasteiger partial charge is 0.269 e. The second-order valence-electron chi connectivity index (χ2n) is 3.42. The Labute approximate surface area is 90.3 Å². The van der Waals surface area contributed by atoms with Gasteiger partial charge >= 0.3 is 0 Å². The maximum absolute atomic E-state index is 13.5. The summed E-state index contributed by atoms with van der Waals surface area (Å²) in [6.07, 6.45) is 1.71. The van der Waals surface area contributed by atoms with Gasteiger partial charge in [0.15, 0.2) is 0 Å². The number of rotatable bonds is 2. The van der Waals surface area contributed by atoms with Crippen LogP contribution < -0.4 is 5.56 Å². The van der Waals surface area contributed by atoms with Crippen LogP contribution in [0.4, 0.5) is 4.39 Å². The molecule has 0 saturated carbocycles. The zero-order chi connectivity index (χ0) is 11.7. The topological polar surface area (TPSA) is 52.0 Å². The quantitative estimate of drug-likeness (QED) is 0.704. The molecule has 0 fully saturated rings. The van der Waals surface area contributed by atoms with E-state index in [1.54, 1.807) is 0 Å². The van der Waals surface area contributed by atoms with E-state index in [2.05, 4.69) is 4.98 Å². The third-order valence-corrected chi connectivity index (χ3v) is 2.47. The number of hydrogen-bond donors (Lipinski definition) is 0. The molecule has 0 aliphatic rings. The number of carbonyl (C=O) groups excluding carboxylic acids is 1. The first-order valence-corrected chi connectivity index (χ1v) is 4.72. The first-order valence-electron chi connectivity index (χ1n) is 4.72. The highest BCUT2D eigenvalue weighted by atomic mass is 19.1. The van der Waals surface area contributed by atoms with E-state index in [0.29, 0.717) is 17.3 Å². The van der Waals surface area contributed by atoms with Gasteiger partial charge in [0.1, 0.15) is 12.1 Å². The predicted octanol–water partition coefficient (Wildman–Crippen LogP) is 0.814. The molecule has 2 aromatic rings. The lowest BCUT2D eigenvalue weighted by atomic mass is 10.1. The van der Waals surface area contributed by atoms with E-state index in [1.165, 1.54) is 29.9 Å². The van der Waals surface area contributed by atoms with Crippen LogP contribution in [0.15, 0.2) is 23.1 Å². The lowest BCUT2D eigenvalue weighted by molar-refractivity contribution is -0.107. The maximum atomic E-state index is 13.5. The molecule has 0 aliphatic heterocycles. The fourth-order valence-corrected chi connectivity index (χ4v) is 1.68. The Hall–Kier alpha value is -2.04. The number of aldehydes is 1. The van der Waals surface area contributed by atoms with Crippen LogP contribution in [0.25, 0.3) is 11.0 Å². The van der Waals surface area contributed by atoms with Crippen molar-refractivity contribution in [3.05, 3.63) is 40.1 Å². The molecule has 0 N–H and O–H groups in total. The molecule has 1 aromatic carbocycles. The minimum Gasteiger partial charge on any atom is -0.308 e. The molecule has 0 radical (unpaired) electrons. The fourth-order valence-electron chi connectivity index (χ4n) is 1.68. The van der Waals surface area contributed by atoms with Crippen molar-refractivity contribution in [1.29, 1.82) is 0 Å². The van der Waals surface area contributed by atoms with Gasteiger partial charge in [-0.3, -0.25) is 4.79 Å². The second-order valence-corrected chi connectivity index (χ2v) is 3.42.